The third-order valence-corrected chi connectivity index (χ3v) is 5.04. The van der Waals surface area contributed by atoms with E-state index in [9.17, 15) is 9.18 Å². The number of primary amides is 1. The van der Waals surface area contributed by atoms with E-state index in [0.717, 1.165) is 23.1 Å². The molecular formula is C26H34FN5O2. The standard InChI is InChI=1S/C19H16FN5O.C5H12O.C2H6/c1-24-9-14(8-23-24)12-4-5-13(16(20)7-12)10-25-11-15(19(21)26)18-17(25)3-2-6-22-18;1-5(2)3-4-6;1-2/h2-9,11H,10H2,1H3,(H2,21,26);5-6H,3-4H2,1-2H3;1-2H3. The summed E-state index contributed by atoms with van der Waals surface area (Å²) in [5.41, 5.74) is 9.13. The average Bonchev–Trinajstić information content (AvgIpc) is 3.41. The number of halogens is 1. The Morgan fingerprint density at radius 2 is 1.91 bits per heavy atom. The summed E-state index contributed by atoms with van der Waals surface area (Å²) in [7, 11) is 1.82. The topological polar surface area (TPSA) is 99.0 Å². The van der Waals surface area contributed by atoms with Crippen molar-refractivity contribution in [3.05, 3.63) is 72.1 Å². The number of carbonyl (C=O) groups excluding carboxylic acids is 1. The Bertz CT molecular complexity index is 1210. The fourth-order valence-electron chi connectivity index (χ4n) is 3.30. The predicted molar refractivity (Wildman–Crippen MR) is 134 cm³/mol. The number of carbonyl (C=O) groups is 1. The lowest BCUT2D eigenvalue weighted by atomic mass is 10.1. The summed E-state index contributed by atoms with van der Waals surface area (Å²) >= 11 is 0. The van der Waals surface area contributed by atoms with Crippen LogP contribution in [0.2, 0.25) is 0 Å². The largest absolute Gasteiger partial charge is 0.396 e. The number of aromatic nitrogens is 4. The molecule has 0 fully saturated rings. The molecule has 4 rings (SSSR count). The van der Waals surface area contributed by atoms with E-state index < -0.39 is 5.91 Å². The molecular weight excluding hydrogens is 433 g/mol. The van der Waals surface area contributed by atoms with Gasteiger partial charge in [0.2, 0.25) is 0 Å². The molecule has 8 heteroatoms. The fourth-order valence-corrected chi connectivity index (χ4v) is 3.30. The minimum atomic E-state index is -0.556. The number of pyridine rings is 1. The molecule has 4 aromatic rings. The Labute approximate surface area is 200 Å². The quantitative estimate of drug-likeness (QED) is 0.426. The number of aliphatic hydroxyl groups excluding tert-OH is 1. The molecule has 0 atom stereocenters. The summed E-state index contributed by atoms with van der Waals surface area (Å²) in [5, 5.41) is 12.3. The molecule has 0 aliphatic carbocycles. The van der Waals surface area contributed by atoms with Crippen LogP contribution in [0, 0.1) is 11.7 Å². The number of aryl methyl sites for hydroxylation is 1. The van der Waals surface area contributed by atoms with Gasteiger partial charge in [0.25, 0.3) is 5.91 Å². The number of rotatable bonds is 6. The number of fused-ring (bicyclic) bond motifs is 1. The average molecular weight is 468 g/mol. The van der Waals surface area contributed by atoms with Crippen molar-refractivity contribution in [3.8, 4) is 11.1 Å². The van der Waals surface area contributed by atoms with Gasteiger partial charge in [-0.1, -0.05) is 39.8 Å². The van der Waals surface area contributed by atoms with Gasteiger partial charge >= 0.3 is 0 Å². The van der Waals surface area contributed by atoms with Crippen LogP contribution in [0.15, 0.2) is 55.1 Å². The summed E-state index contributed by atoms with van der Waals surface area (Å²) in [6.07, 6.45) is 7.67. The normalized spacial score (nSPS) is 10.5. The minimum absolute atomic E-state index is 0.272. The lowest BCUT2D eigenvalue weighted by Crippen LogP contribution is -2.10. The Hall–Kier alpha value is -3.52. The first-order valence-electron chi connectivity index (χ1n) is 11.4. The maximum Gasteiger partial charge on any atom is 0.252 e. The van der Waals surface area contributed by atoms with Crippen LogP contribution in [-0.4, -0.2) is 37.0 Å². The molecule has 1 amide bonds. The zero-order valence-electron chi connectivity index (χ0n) is 20.5. The van der Waals surface area contributed by atoms with Crippen LogP contribution in [0.3, 0.4) is 0 Å². The summed E-state index contributed by atoms with van der Waals surface area (Å²) in [6, 6.07) is 8.69. The summed E-state index contributed by atoms with van der Waals surface area (Å²) < 4.78 is 18.1. The van der Waals surface area contributed by atoms with E-state index in [1.807, 2.05) is 39.2 Å². The molecule has 0 radical (unpaired) electrons. The van der Waals surface area contributed by atoms with Crippen molar-refractivity contribution in [2.45, 2.75) is 40.7 Å². The number of aliphatic hydroxyl groups is 1. The van der Waals surface area contributed by atoms with E-state index in [4.69, 9.17) is 10.8 Å². The summed E-state index contributed by atoms with van der Waals surface area (Å²) in [5.74, 6) is -0.229. The first-order chi connectivity index (χ1) is 16.3. The van der Waals surface area contributed by atoms with Crippen LogP contribution < -0.4 is 5.73 Å². The molecule has 0 bridgehead atoms. The Morgan fingerprint density at radius 1 is 1.18 bits per heavy atom. The van der Waals surface area contributed by atoms with Crippen molar-refractivity contribution in [3.63, 3.8) is 0 Å². The van der Waals surface area contributed by atoms with Crippen LogP contribution in [0.25, 0.3) is 22.2 Å². The maximum atomic E-state index is 14.6. The van der Waals surface area contributed by atoms with Crippen molar-refractivity contribution < 1.29 is 14.3 Å². The highest BCUT2D eigenvalue weighted by atomic mass is 19.1. The lowest BCUT2D eigenvalue weighted by molar-refractivity contribution is 0.100. The van der Waals surface area contributed by atoms with Crippen molar-refractivity contribution >= 4 is 16.9 Å². The second-order valence-corrected chi connectivity index (χ2v) is 8.02. The number of nitrogens with zero attached hydrogens (tertiary/aromatic N) is 4. The van der Waals surface area contributed by atoms with Gasteiger partial charge in [-0.2, -0.15) is 5.10 Å². The van der Waals surface area contributed by atoms with Crippen LogP contribution in [0.5, 0.6) is 0 Å². The molecule has 0 aliphatic heterocycles. The van der Waals surface area contributed by atoms with E-state index >= 15 is 0 Å². The zero-order chi connectivity index (χ0) is 25.3. The Kier molecular flexibility index (Phi) is 9.94. The van der Waals surface area contributed by atoms with E-state index in [1.54, 1.807) is 40.0 Å². The second kappa shape index (κ2) is 12.6. The van der Waals surface area contributed by atoms with E-state index in [1.165, 1.54) is 6.07 Å². The van der Waals surface area contributed by atoms with Gasteiger partial charge in [-0.25, -0.2) is 4.39 Å². The number of nitrogens with two attached hydrogens (primary N) is 1. The van der Waals surface area contributed by atoms with Gasteiger partial charge in [0, 0.05) is 43.4 Å². The minimum Gasteiger partial charge on any atom is -0.396 e. The number of benzene rings is 1. The molecule has 34 heavy (non-hydrogen) atoms. The van der Waals surface area contributed by atoms with Gasteiger partial charge in [-0.05, 0) is 36.1 Å². The van der Waals surface area contributed by atoms with Crippen molar-refractivity contribution in [1.82, 2.24) is 19.3 Å². The van der Waals surface area contributed by atoms with Crippen molar-refractivity contribution in [2.24, 2.45) is 18.7 Å². The number of amides is 1. The Balaban J connectivity index is 0.000000447. The molecule has 0 saturated heterocycles. The molecule has 1 aromatic carbocycles. The fraction of sp³-hybridized carbons (Fsp3) is 0.346. The van der Waals surface area contributed by atoms with Gasteiger partial charge in [0.1, 0.15) is 11.3 Å². The van der Waals surface area contributed by atoms with E-state index in [0.29, 0.717) is 29.2 Å². The first-order valence-corrected chi connectivity index (χ1v) is 11.4. The highest BCUT2D eigenvalue weighted by Crippen LogP contribution is 2.24. The summed E-state index contributed by atoms with van der Waals surface area (Å²) in [6.45, 7) is 8.79. The molecule has 3 N–H and O–H groups in total. The number of hydrogen-bond acceptors (Lipinski definition) is 4. The highest BCUT2D eigenvalue weighted by molar-refractivity contribution is 6.04. The van der Waals surface area contributed by atoms with Crippen molar-refractivity contribution in [2.75, 3.05) is 6.61 Å². The molecule has 0 spiro atoms. The van der Waals surface area contributed by atoms with Gasteiger partial charge in [-0.3, -0.25) is 14.5 Å². The third-order valence-electron chi connectivity index (χ3n) is 5.04. The SMILES string of the molecule is CC.CC(C)CCO.Cn1cc(-c2ccc(Cn3cc(C(N)=O)c4ncccc43)c(F)c2)cn1. The van der Waals surface area contributed by atoms with Gasteiger partial charge in [0.05, 0.1) is 23.8 Å². The molecule has 7 nitrogen and oxygen atoms in total. The second-order valence-electron chi connectivity index (χ2n) is 8.02. The predicted octanol–water partition coefficient (Wildman–Crippen LogP) is 4.77. The van der Waals surface area contributed by atoms with E-state index in [-0.39, 0.29) is 12.4 Å². The van der Waals surface area contributed by atoms with Crippen LogP contribution in [0.4, 0.5) is 4.39 Å². The number of hydrogen-bond donors (Lipinski definition) is 2. The summed E-state index contributed by atoms with van der Waals surface area (Å²) in [4.78, 5) is 15.9. The molecule has 0 unspecified atom stereocenters. The van der Waals surface area contributed by atoms with Crippen LogP contribution in [-0.2, 0) is 13.6 Å². The molecule has 3 heterocycles. The molecule has 3 aromatic heterocycles. The van der Waals surface area contributed by atoms with Gasteiger partial charge in [0.15, 0.2) is 0 Å². The maximum absolute atomic E-state index is 14.6. The van der Waals surface area contributed by atoms with Crippen LogP contribution >= 0.6 is 0 Å². The lowest BCUT2D eigenvalue weighted by Gasteiger charge is -2.08. The zero-order valence-corrected chi connectivity index (χ0v) is 20.5. The smallest absolute Gasteiger partial charge is 0.252 e. The molecule has 0 saturated carbocycles. The molecule has 0 aliphatic rings. The third kappa shape index (κ3) is 6.74. The monoisotopic (exact) mass is 467 g/mol. The molecule has 182 valence electrons. The van der Waals surface area contributed by atoms with E-state index in [2.05, 4.69) is 23.9 Å². The van der Waals surface area contributed by atoms with Crippen molar-refractivity contribution in [1.29, 1.82) is 0 Å². The van der Waals surface area contributed by atoms with Gasteiger partial charge < -0.3 is 15.4 Å². The first kappa shape index (κ1) is 26.7. The highest BCUT2D eigenvalue weighted by Gasteiger charge is 2.15. The van der Waals surface area contributed by atoms with Gasteiger partial charge in [-0.15, -0.1) is 0 Å². The Morgan fingerprint density at radius 3 is 2.44 bits per heavy atom. The van der Waals surface area contributed by atoms with Crippen LogP contribution in [0.1, 0.15) is 50.0 Å².